The van der Waals surface area contributed by atoms with Crippen molar-refractivity contribution in [1.82, 2.24) is 0 Å². The van der Waals surface area contributed by atoms with E-state index in [1.165, 1.54) is 11.8 Å². The van der Waals surface area contributed by atoms with E-state index in [-0.39, 0.29) is 10.6 Å². The van der Waals surface area contributed by atoms with Gasteiger partial charge in [0.2, 0.25) is 0 Å². The molecule has 0 unspecified atom stereocenters. The molecule has 0 heterocycles. The zero-order chi connectivity index (χ0) is 9.68. The van der Waals surface area contributed by atoms with E-state index in [1.54, 1.807) is 14.0 Å². The summed E-state index contributed by atoms with van der Waals surface area (Å²) in [5.41, 5.74) is 0.837. The summed E-state index contributed by atoms with van der Waals surface area (Å²) in [6.45, 7) is 1.54. The third kappa shape index (κ3) is 3.20. The van der Waals surface area contributed by atoms with Gasteiger partial charge in [0.25, 0.3) is 0 Å². The summed E-state index contributed by atoms with van der Waals surface area (Å²) in [7, 11) is 1.60. The normalized spacial score (nSPS) is 12.5. The summed E-state index contributed by atoms with van der Waals surface area (Å²) in [6.07, 6.45) is 0. The Morgan fingerprint density at radius 1 is 1.38 bits per heavy atom. The molecule has 1 aromatic rings. The van der Waals surface area contributed by atoms with Crippen molar-refractivity contribution in [2.75, 3.05) is 7.11 Å². The average Bonchev–Trinajstić information content (AvgIpc) is 2.15. The molecule has 70 valence electrons. The van der Waals surface area contributed by atoms with Crippen molar-refractivity contribution < 1.29 is 9.53 Å². The first-order chi connectivity index (χ1) is 6.24. The molecule has 0 N–H and O–H groups in total. The Morgan fingerprint density at radius 3 is 2.46 bits per heavy atom. The molecule has 0 saturated carbocycles. The number of rotatable bonds is 3. The maximum Gasteiger partial charge on any atom is 0.188 e. The summed E-state index contributed by atoms with van der Waals surface area (Å²) >= 11 is 1.19. The minimum atomic E-state index is -0.182. The topological polar surface area (TPSA) is 26.3 Å². The summed E-state index contributed by atoms with van der Waals surface area (Å²) in [5.74, 6) is 0. The lowest BCUT2D eigenvalue weighted by atomic mass is 10.2. The molecule has 0 aliphatic carbocycles. The summed E-state index contributed by atoms with van der Waals surface area (Å²) in [5, 5.41) is 0.0655. The molecule has 0 fully saturated rings. The smallest absolute Gasteiger partial charge is 0.188 e. The molecule has 2 nitrogen and oxygen atoms in total. The largest absolute Gasteiger partial charge is 0.366 e. The minimum absolute atomic E-state index is 0.0655. The molecule has 1 rings (SSSR count). The van der Waals surface area contributed by atoms with E-state index >= 15 is 0 Å². The highest BCUT2D eigenvalue weighted by atomic mass is 32.2. The van der Waals surface area contributed by atoms with Gasteiger partial charge in [-0.05, 0) is 5.56 Å². The molecular weight excluding hydrogens is 184 g/mol. The van der Waals surface area contributed by atoms with E-state index in [0.717, 1.165) is 5.56 Å². The third-order valence-corrected chi connectivity index (χ3v) is 2.57. The quantitative estimate of drug-likeness (QED) is 0.695. The van der Waals surface area contributed by atoms with Crippen LogP contribution in [0.25, 0.3) is 0 Å². The molecule has 0 bridgehead atoms. The van der Waals surface area contributed by atoms with Crippen LogP contribution in [-0.2, 0) is 9.53 Å². The molecule has 0 amide bonds. The van der Waals surface area contributed by atoms with Gasteiger partial charge in [-0.25, -0.2) is 0 Å². The molecule has 3 heteroatoms. The lowest BCUT2D eigenvalue weighted by Crippen LogP contribution is -1.99. The summed E-state index contributed by atoms with van der Waals surface area (Å²) < 4.78 is 5.19. The molecule has 0 saturated heterocycles. The Hall–Kier alpha value is -0.800. The van der Waals surface area contributed by atoms with Gasteiger partial charge in [-0.3, -0.25) is 4.79 Å². The van der Waals surface area contributed by atoms with Gasteiger partial charge in [-0.15, -0.1) is 0 Å². The van der Waals surface area contributed by atoms with Gasteiger partial charge in [-0.2, -0.15) is 0 Å². The molecule has 0 aliphatic rings. The number of ether oxygens (including phenoxy) is 1. The number of thioether (sulfide) groups is 1. The van der Waals surface area contributed by atoms with Gasteiger partial charge in [0, 0.05) is 14.0 Å². The Labute approximate surface area is 82.3 Å². The second kappa shape index (κ2) is 5.04. The second-order valence-electron chi connectivity index (χ2n) is 2.59. The highest BCUT2D eigenvalue weighted by Crippen LogP contribution is 2.29. The predicted octanol–water partition coefficient (Wildman–Crippen LogP) is 2.61. The van der Waals surface area contributed by atoms with Crippen molar-refractivity contribution in [2.24, 2.45) is 0 Å². The number of hydrogen-bond acceptors (Lipinski definition) is 3. The van der Waals surface area contributed by atoms with Crippen LogP contribution >= 0.6 is 11.8 Å². The van der Waals surface area contributed by atoms with Gasteiger partial charge >= 0.3 is 0 Å². The number of benzene rings is 1. The summed E-state index contributed by atoms with van der Waals surface area (Å²) in [6, 6.07) is 9.70. The van der Waals surface area contributed by atoms with Crippen molar-refractivity contribution >= 4 is 16.9 Å². The van der Waals surface area contributed by atoms with Crippen LogP contribution in [0.15, 0.2) is 30.3 Å². The highest BCUT2D eigenvalue weighted by Gasteiger charge is 2.12. The molecule has 13 heavy (non-hydrogen) atoms. The first-order valence-electron chi connectivity index (χ1n) is 3.99. The van der Waals surface area contributed by atoms with Gasteiger partial charge < -0.3 is 4.74 Å². The lowest BCUT2D eigenvalue weighted by Gasteiger charge is -2.12. The van der Waals surface area contributed by atoms with E-state index < -0.39 is 0 Å². The Balaban J connectivity index is 2.73. The van der Waals surface area contributed by atoms with Crippen LogP contribution in [0.3, 0.4) is 0 Å². The molecule has 0 aliphatic heterocycles. The average molecular weight is 196 g/mol. The van der Waals surface area contributed by atoms with Crippen LogP contribution in [0.1, 0.15) is 17.9 Å². The maximum absolute atomic E-state index is 10.9. The van der Waals surface area contributed by atoms with Crippen molar-refractivity contribution in [3.8, 4) is 0 Å². The second-order valence-corrected chi connectivity index (χ2v) is 3.83. The predicted molar refractivity (Wildman–Crippen MR) is 54.5 cm³/mol. The van der Waals surface area contributed by atoms with E-state index in [1.807, 2.05) is 30.3 Å². The van der Waals surface area contributed by atoms with E-state index in [4.69, 9.17) is 4.74 Å². The summed E-state index contributed by atoms with van der Waals surface area (Å²) in [4.78, 5) is 10.9. The Morgan fingerprint density at radius 2 is 2.00 bits per heavy atom. The van der Waals surface area contributed by atoms with E-state index in [0.29, 0.717) is 0 Å². The highest BCUT2D eigenvalue weighted by molar-refractivity contribution is 8.13. The molecule has 0 aromatic heterocycles. The first kappa shape index (κ1) is 10.3. The van der Waals surface area contributed by atoms with Gasteiger partial charge in [0.05, 0.1) is 0 Å². The lowest BCUT2D eigenvalue weighted by molar-refractivity contribution is -0.109. The Bertz CT molecular complexity index is 272. The standard InChI is InChI=1S/C10H12O2S/c1-8(11)13-10(12-2)9-6-4-3-5-7-9/h3-7,10H,1-2H3/t10-/m1/s1. The number of hydrogen-bond donors (Lipinski definition) is 0. The van der Waals surface area contributed by atoms with Crippen LogP contribution in [0.4, 0.5) is 0 Å². The van der Waals surface area contributed by atoms with Crippen molar-refractivity contribution in [3.05, 3.63) is 35.9 Å². The fourth-order valence-corrected chi connectivity index (χ4v) is 1.70. The van der Waals surface area contributed by atoms with Crippen LogP contribution in [0, 0.1) is 0 Å². The number of carbonyl (C=O) groups is 1. The number of carbonyl (C=O) groups excluding carboxylic acids is 1. The zero-order valence-electron chi connectivity index (χ0n) is 7.69. The van der Waals surface area contributed by atoms with Gasteiger partial charge in [0.15, 0.2) is 5.12 Å². The molecule has 1 aromatic carbocycles. The molecule has 0 radical (unpaired) electrons. The van der Waals surface area contributed by atoms with Gasteiger partial charge in [0.1, 0.15) is 5.44 Å². The molecular formula is C10H12O2S. The first-order valence-corrected chi connectivity index (χ1v) is 4.87. The van der Waals surface area contributed by atoms with Crippen LogP contribution in [-0.4, -0.2) is 12.2 Å². The minimum Gasteiger partial charge on any atom is -0.366 e. The Kier molecular flexibility index (Phi) is 3.99. The monoisotopic (exact) mass is 196 g/mol. The molecule has 1 atom stereocenters. The van der Waals surface area contributed by atoms with Crippen LogP contribution < -0.4 is 0 Å². The fourth-order valence-electron chi connectivity index (χ4n) is 1.01. The van der Waals surface area contributed by atoms with E-state index in [2.05, 4.69) is 0 Å². The maximum atomic E-state index is 10.9. The van der Waals surface area contributed by atoms with Crippen LogP contribution in [0.2, 0.25) is 0 Å². The SMILES string of the molecule is CO[C@H](SC(C)=O)c1ccccc1. The van der Waals surface area contributed by atoms with Gasteiger partial charge in [-0.1, -0.05) is 42.1 Å². The van der Waals surface area contributed by atoms with E-state index in [9.17, 15) is 4.79 Å². The zero-order valence-corrected chi connectivity index (χ0v) is 8.51. The van der Waals surface area contributed by atoms with Crippen molar-refractivity contribution in [3.63, 3.8) is 0 Å². The fraction of sp³-hybridized carbons (Fsp3) is 0.300. The van der Waals surface area contributed by atoms with Crippen LogP contribution in [0.5, 0.6) is 0 Å². The third-order valence-electron chi connectivity index (χ3n) is 1.56. The van der Waals surface area contributed by atoms with Crippen molar-refractivity contribution in [1.29, 1.82) is 0 Å². The molecule has 0 spiro atoms. The van der Waals surface area contributed by atoms with Crippen molar-refractivity contribution in [2.45, 2.75) is 12.4 Å². The number of methoxy groups -OCH3 is 1.